The Labute approximate surface area is 183 Å². The van der Waals surface area contributed by atoms with Gasteiger partial charge in [-0.15, -0.1) is 0 Å². The smallest absolute Gasteiger partial charge is 0.124 e. The maximum Gasteiger partial charge on any atom is 0.124 e. The summed E-state index contributed by atoms with van der Waals surface area (Å²) in [4.78, 5) is 9.40. The van der Waals surface area contributed by atoms with Crippen molar-refractivity contribution >= 4 is 29.0 Å². The van der Waals surface area contributed by atoms with Crippen LogP contribution in [0.3, 0.4) is 0 Å². The standard InChI is InChI=1S/C25H27N5O/c1-2-29-14-16-30(17-15-29)24-11-8-21(9-12-24)26-19-20-18-23(10-13-25(20)31)28-27-22-6-4-3-5-7-22/h3-13,18-19,31H,2,14-17H2,1H3. The minimum absolute atomic E-state index is 0.160. The molecule has 0 bridgehead atoms. The molecule has 1 heterocycles. The Balaban J connectivity index is 1.43. The highest BCUT2D eigenvalue weighted by atomic mass is 16.3. The van der Waals surface area contributed by atoms with E-state index in [4.69, 9.17) is 0 Å². The summed E-state index contributed by atoms with van der Waals surface area (Å²) in [5.74, 6) is 0.160. The normalized spacial score (nSPS) is 15.2. The summed E-state index contributed by atoms with van der Waals surface area (Å²) in [6, 6.07) is 22.9. The van der Waals surface area contributed by atoms with Gasteiger partial charge in [-0.2, -0.15) is 10.2 Å². The molecule has 31 heavy (non-hydrogen) atoms. The van der Waals surface area contributed by atoms with E-state index in [1.165, 1.54) is 5.69 Å². The van der Waals surface area contributed by atoms with Gasteiger partial charge in [-0.05, 0) is 61.1 Å². The molecule has 1 aliphatic heterocycles. The maximum absolute atomic E-state index is 10.2. The molecule has 0 aromatic heterocycles. The van der Waals surface area contributed by atoms with E-state index >= 15 is 0 Å². The van der Waals surface area contributed by atoms with E-state index in [1.54, 1.807) is 24.4 Å². The third kappa shape index (κ3) is 5.55. The number of benzene rings is 3. The largest absolute Gasteiger partial charge is 0.507 e. The van der Waals surface area contributed by atoms with E-state index in [9.17, 15) is 5.11 Å². The summed E-state index contributed by atoms with van der Waals surface area (Å²) in [6.45, 7) is 7.63. The van der Waals surface area contributed by atoms with Crippen LogP contribution in [0.2, 0.25) is 0 Å². The lowest BCUT2D eigenvalue weighted by molar-refractivity contribution is 0.271. The Morgan fingerprint density at radius 2 is 1.48 bits per heavy atom. The molecule has 158 valence electrons. The number of likely N-dealkylation sites (N-methyl/N-ethyl adjacent to an activating group) is 1. The van der Waals surface area contributed by atoms with Gasteiger partial charge in [-0.25, -0.2) is 0 Å². The third-order valence-corrected chi connectivity index (χ3v) is 5.44. The van der Waals surface area contributed by atoms with E-state index < -0.39 is 0 Å². The van der Waals surface area contributed by atoms with Crippen LogP contribution in [0.25, 0.3) is 0 Å². The van der Waals surface area contributed by atoms with Gasteiger partial charge < -0.3 is 14.9 Å². The van der Waals surface area contributed by atoms with Gasteiger partial charge in [0.15, 0.2) is 0 Å². The second kappa shape index (κ2) is 10.00. The topological polar surface area (TPSA) is 63.8 Å². The van der Waals surface area contributed by atoms with Crippen LogP contribution in [-0.2, 0) is 0 Å². The first-order chi connectivity index (χ1) is 15.2. The lowest BCUT2D eigenvalue weighted by Gasteiger charge is -2.35. The summed E-state index contributed by atoms with van der Waals surface area (Å²) < 4.78 is 0. The fraction of sp³-hybridized carbons (Fsp3) is 0.240. The zero-order valence-electron chi connectivity index (χ0n) is 17.7. The number of anilines is 1. The van der Waals surface area contributed by atoms with Crippen LogP contribution in [-0.4, -0.2) is 48.9 Å². The summed E-state index contributed by atoms with van der Waals surface area (Å²) >= 11 is 0. The number of hydrogen-bond acceptors (Lipinski definition) is 6. The first kappa shape index (κ1) is 20.8. The summed E-state index contributed by atoms with van der Waals surface area (Å²) in [7, 11) is 0. The predicted molar refractivity (Wildman–Crippen MR) is 127 cm³/mol. The highest BCUT2D eigenvalue weighted by molar-refractivity contribution is 5.86. The van der Waals surface area contributed by atoms with Crippen LogP contribution in [0.5, 0.6) is 5.75 Å². The highest BCUT2D eigenvalue weighted by Crippen LogP contribution is 2.25. The first-order valence-electron chi connectivity index (χ1n) is 10.6. The molecule has 0 spiro atoms. The van der Waals surface area contributed by atoms with Crippen molar-refractivity contribution in [3.63, 3.8) is 0 Å². The maximum atomic E-state index is 10.2. The fourth-order valence-corrected chi connectivity index (χ4v) is 3.53. The van der Waals surface area contributed by atoms with Crippen LogP contribution < -0.4 is 4.90 Å². The van der Waals surface area contributed by atoms with Gasteiger partial charge in [0.25, 0.3) is 0 Å². The van der Waals surface area contributed by atoms with Crippen molar-refractivity contribution in [2.75, 3.05) is 37.6 Å². The van der Waals surface area contributed by atoms with Crippen molar-refractivity contribution in [3.8, 4) is 5.75 Å². The van der Waals surface area contributed by atoms with Gasteiger partial charge >= 0.3 is 0 Å². The average molecular weight is 414 g/mol. The van der Waals surface area contributed by atoms with Gasteiger partial charge in [0.1, 0.15) is 5.75 Å². The number of rotatable bonds is 6. The Kier molecular flexibility index (Phi) is 6.69. The van der Waals surface area contributed by atoms with Crippen LogP contribution in [0.4, 0.5) is 22.7 Å². The van der Waals surface area contributed by atoms with E-state index in [-0.39, 0.29) is 5.75 Å². The van der Waals surface area contributed by atoms with Gasteiger partial charge in [0, 0.05) is 43.6 Å². The minimum Gasteiger partial charge on any atom is -0.507 e. The SMILES string of the molecule is CCN1CCN(c2ccc(N=Cc3cc(N=Nc4ccccc4)ccc3O)cc2)CC1. The Hall–Kier alpha value is -3.51. The van der Waals surface area contributed by atoms with Gasteiger partial charge in [0.2, 0.25) is 0 Å². The summed E-state index contributed by atoms with van der Waals surface area (Å²) in [5, 5.41) is 18.7. The molecular formula is C25H27N5O. The number of phenols is 1. The minimum atomic E-state index is 0.160. The van der Waals surface area contributed by atoms with E-state index in [2.05, 4.69) is 44.1 Å². The van der Waals surface area contributed by atoms with Crippen molar-refractivity contribution in [1.29, 1.82) is 0 Å². The molecule has 0 unspecified atom stereocenters. The van der Waals surface area contributed by atoms with Gasteiger partial charge in [-0.3, -0.25) is 4.99 Å². The molecule has 3 aromatic carbocycles. The molecule has 1 fully saturated rings. The summed E-state index contributed by atoms with van der Waals surface area (Å²) in [5.41, 5.74) is 4.10. The third-order valence-electron chi connectivity index (χ3n) is 5.44. The molecule has 0 atom stereocenters. The van der Waals surface area contributed by atoms with Crippen molar-refractivity contribution in [2.45, 2.75) is 6.92 Å². The second-order valence-corrected chi connectivity index (χ2v) is 7.47. The van der Waals surface area contributed by atoms with Crippen molar-refractivity contribution in [3.05, 3.63) is 78.4 Å². The van der Waals surface area contributed by atoms with Crippen LogP contribution >= 0.6 is 0 Å². The van der Waals surface area contributed by atoms with Gasteiger partial charge in [0.05, 0.1) is 17.1 Å². The molecule has 3 aromatic rings. The fourth-order valence-electron chi connectivity index (χ4n) is 3.53. The number of azo groups is 1. The molecule has 0 radical (unpaired) electrons. The van der Waals surface area contributed by atoms with E-state index in [1.807, 2.05) is 42.5 Å². The number of aromatic hydroxyl groups is 1. The monoisotopic (exact) mass is 413 g/mol. The molecule has 0 aliphatic carbocycles. The Morgan fingerprint density at radius 1 is 0.806 bits per heavy atom. The highest BCUT2D eigenvalue weighted by Gasteiger charge is 2.15. The lowest BCUT2D eigenvalue weighted by atomic mass is 10.2. The molecule has 0 amide bonds. The molecular weight excluding hydrogens is 386 g/mol. The van der Waals surface area contributed by atoms with Crippen LogP contribution in [0.15, 0.2) is 88.0 Å². The second-order valence-electron chi connectivity index (χ2n) is 7.47. The van der Waals surface area contributed by atoms with E-state index in [0.717, 1.165) is 44.1 Å². The van der Waals surface area contributed by atoms with Crippen molar-refractivity contribution in [1.82, 2.24) is 4.90 Å². The number of hydrogen-bond donors (Lipinski definition) is 1. The number of piperazine rings is 1. The molecule has 1 aliphatic rings. The predicted octanol–water partition coefficient (Wildman–Crippen LogP) is 5.70. The Bertz CT molecular complexity index is 1040. The summed E-state index contributed by atoms with van der Waals surface area (Å²) in [6.07, 6.45) is 1.66. The molecule has 1 saturated heterocycles. The Morgan fingerprint density at radius 3 is 2.19 bits per heavy atom. The number of aliphatic imine (C=N–C) groups is 1. The zero-order chi connectivity index (χ0) is 21.5. The van der Waals surface area contributed by atoms with Crippen molar-refractivity contribution < 1.29 is 5.11 Å². The van der Waals surface area contributed by atoms with Gasteiger partial charge in [-0.1, -0.05) is 25.1 Å². The zero-order valence-corrected chi connectivity index (χ0v) is 17.7. The molecule has 4 rings (SSSR count). The van der Waals surface area contributed by atoms with Crippen LogP contribution in [0, 0.1) is 0 Å². The molecule has 0 saturated carbocycles. The van der Waals surface area contributed by atoms with E-state index in [0.29, 0.717) is 11.3 Å². The van der Waals surface area contributed by atoms with Crippen LogP contribution in [0.1, 0.15) is 12.5 Å². The lowest BCUT2D eigenvalue weighted by Crippen LogP contribution is -2.46. The quantitative estimate of drug-likeness (QED) is 0.416. The van der Waals surface area contributed by atoms with Crippen molar-refractivity contribution in [2.24, 2.45) is 15.2 Å². The first-order valence-corrected chi connectivity index (χ1v) is 10.6. The average Bonchev–Trinajstić information content (AvgIpc) is 2.84. The number of nitrogens with zero attached hydrogens (tertiary/aromatic N) is 5. The molecule has 6 heteroatoms. The molecule has 1 N–H and O–H groups in total. The number of phenolic OH excluding ortho intramolecular Hbond substituents is 1. The molecule has 6 nitrogen and oxygen atoms in total.